The predicted molar refractivity (Wildman–Crippen MR) is 87.1 cm³/mol. The third-order valence-corrected chi connectivity index (χ3v) is 6.98. The first kappa shape index (κ1) is 13.9. The van der Waals surface area contributed by atoms with E-state index in [4.69, 9.17) is 9.47 Å². The van der Waals surface area contributed by atoms with Crippen LogP contribution in [0.1, 0.15) is 24.5 Å². The molecule has 5 rings (SSSR count). The van der Waals surface area contributed by atoms with E-state index in [1.54, 1.807) is 7.11 Å². The van der Waals surface area contributed by atoms with Crippen LogP contribution in [0.5, 0.6) is 11.5 Å². The number of aliphatic hydroxyl groups is 1. The number of ether oxygens (including phenoxy) is 2. The van der Waals surface area contributed by atoms with E-state index < -0.39 is 11.7 Å². The largest absolute Gasteiger partial charge is 0.493 e. The second-order valence-electron chi connectivity index (χ2n) is 7.67. The lowest BCUT2D eigenvalue weighted by molar-refractivity contribution is -0.110. The van der Waals surface area contributed by atoms with E-state index in [1.807, 2.05) is 12.1 Å². The van der Waals surface area contributed by atoms with Crippen LogP contribution in [0, 0.1) is 5.92 Å². The van der Waals surface area contributed by atoms with Crippen molar-refractivity contribution in [2.75, 3.05) is 20.7 Å². The molecule has 1 fully saturated rings. The van der Waals surface area contributed by atoms with Gasteiger partial charge < -0.3 is 19.5 Å². The summed E-state index contributed by atoms with van der Waals surface area (Å²) in [7, 11) is 3.91. The molecule has 0 unspecified atom stereocenters. The first-order chi connectivity index (χ1) is 11.0. The third-order valence-electron chi connectivity index (χ3n) is 6.98. The van der Waals surface area contributed by atoms with Crippen molar-refractivity contribution in [3.8, 4) is 11.5 Å². The Balaban J connectivity index is 1.87. The van der Waals surface area contributed by atoms with Gasteiger partial charge in [-0.3, -0.25) is 0 Å². The number of nitrogens with zero attached hydrogens (tertiary/aromatic N) is 1. The number of aliphatic hydroxyl groups excluding tert-OH is 1. The summed E-state index contributed by atoms with van der Waals surface area (Å²) in [4.78, 5) is 2.48. The number of hydrogen-bond acceptors (Lipinski definition) is 4. The summed E-state index contributed by atoms with van der Waals surface area (Å²) in [6.45, 7) is 3.13. The van der Waals surface area contributed by atoms with Crippen molar-refractivity contribution >= 4 is 0 Å². The number of likely N-dealkylation sites (N-methyl/N-ethyl adjacent to an activating group) is 1. The van der Waals surface area contributed by atoms with E-state index in [1.165, 1.54) is 11.1 Å². The molecule has 1 saturated heterocycles. The maximum absolute atomic E-state index is 10.8. The van der Waals surface area contributed by atoms with Crippen molar-refractivity contribution in [1.82, 2.24) is 4.90 Å². The summed E-state index contributed by atoms with van der Waals surface area (Å²) in [5, 5.41) is 10.8. The maximum atomic E-state index is 10.8. The van der Waals surface area contributed by atoms with Crippen molar-refractivity contribution < 1.29 is 14.6 Å². The van der Waals surface area contributed by atoms with Gasteiger partial charge >= 0.3 is 0 Å². The van der Waals surface area contributed by atoms with Crippen LogP contribution in [0.25, 0.3) is 0 Å². The quantitative estimate of drug-likeness (QED) is 0.804. The lowest BCUT2D eigenvalue weighted by Crippen LogP contribution is -2.70. The van der Waals surface area contributed by atoms with Gasteiger partial charge in [0.2, 0.25) is 0 Å². The summed E-state index contributed by atoms with van der Waals surface area (Å²) in [6, 6.07) is 4.69. The van der Waals surface area contributed by atoms with Crippen LogP contribution in [0.4, 0.5) is 0 Å². The zero-order valence-corrected chi connectivity index (χ0v) is 13.9. The van der Waals surface area contributed by atoms with Crippen LogP contribution in [0.2, 0.25) is 0 Å². The minimum Gasteiger partial charge on any atom is -0.493 e. The molecular weight excluding hydrogens is 290 g/mol. The Bertz CT molecular complexity index is 730. The molecule has 4 aliphatic rings. The minimum absolute atomic E-state index is 0.143. The second kappa shape index (κ2) is 4.11. The molecule has 0 radical (unpaired) electrons. The Kier molecular flexibility index (Phi) is 2.48. The van der Waals surface area contributed by atoms with Gasteiger partial charge in [0.25, 0.3) is 0 Å². The molecule has 2 bridgehead atoms. The number of rotatable bonds is 1. The molecule has 0 amide bonds. The summed E-state index contributed by atoms with van der Waals surface area (Å²) in [6.07, 6.45) is 5.64. The molecule has 4 heteroatoms. The molecule has 1 N–H and O–H groups in total. The Morgan fingerprint density at radius 3 is 2.96 bits per heavy atom. The summed E-state index contributed by atoms with van der Waals surface area (Å²) in [5.41, 5.74) is 1.91. The molecule has 122 valence electrons. The van der Waals surface area contributed by atoms with E-state index in [9.17, 15) is 5.11 Å². The van der Waals surface area contributed by atoms with E-state index in [0.717, 1.165) is 30.9 Å². The molecule has 1 aromatic rings. The normalized spacial score (nSPS) is 43.0. The Labute approximate surface area is 136 Å². The van der Waals surface area contributed by atoms with Gasteiger partial charge in [-0.1, -0.05) is 18.2 Å². The van der Waals surface area contributed by atoms with Crippen LogP contribution in [0.3, 0.4) is 0 Å². The standard InChI is InChI=1S/C19H23NO3/c1-18-15(21)7-5-12-13-10-11-4-6-14(22-3)17(23-18)16(11)19(12,18)8-9-20(13)2/h4-7,12-13,15,21H,8-10H2,1-3H3/t12-,13+,15-,18+,19-/m0/s1. The minimum atomic E-state index is -0.613. The van der Waals surface area contributed by atoms with E-state index in [-0.39, 0.29) is 5.41 Å². The lowest BCUT2D eigenvalue weighted by atomic mass is 9.49. The topological polar surface area (TPSA) is 41.9 Å². The highest BCUT2D eigenvalue weighted by Gasteiger charge is 2.70. The highest BCUT2D eigenvalue weighted by Crippen LogP contribution is 2.66. The SMILES string of the molecule is COc1ccc2c3c1O[C@]1(C)[C@@H](O)C=C[C@H]4[C@@H](C2)N(C)CC[C@@]341. The molecular formula is C19H23NO3. The zero-order valence-electron chi connectivity index (χ0n) is 13.9. The van der Waals surface area contributed by atoms with Crippen molar-refractivity contribution in [2.45, 2.75) is 42.9 Å². The van der Waals surface area contributed by atoms with Crippen molar-refractivity contribution in [3.63, 3.8) is 0 Å². The summed E-state index contributed by atoms with van der Waals surface area (Å²) in [5.74, 6) is 2.04. The molecule has 0 saturated carbocycles. The summed E-state index contributed by atoms with van der Waals surface area (Å²) >= 11 is 0. The highest BCUT2D eigenvalue weighted by atomic mass is 16.5. The van der Waals surface area contributed by atoms with Gasteiger partial charge in [-0.25, -0.2) is 0 Å². The fourth-order valence-corrected chi connectivity index (χ4v) is 5.77. The van der Waals surface area contributed by atoms with Crippen molar-refractivity contribution in [2.24, 2.45) is 5.92 Å². The van der Waals surface area contributed by atoms with Gasteiger partial charge in [0, 0.05) is 17.5 Å². The third kappa shape index (κ3) is 1.33. The van der Waals surface area contributed by atoms with Gasteiger partial charge in [0.1, 0.15) is 11.7 Å². The van der Waals surface area contributed by atoms with E-state index in [0.29, 0.717) is 12.0 Å². The monoisotopic (exact) mass is 313 g/mol. The first-order valence-corrected chi connectivity index (χ1v) is 8.49. The number of piperidine rings is 1. The van der Waals surface area contributed by atoms with Crippen LogP contribution in [-0.4, -0.2) is 48.5 Å². The molecule has 1 aromatic carbocycles. The molecule has 23 heavy (non-hydrogen) atoms. The number of likely N-dealkylation sites (tertiary alicyclic amines) is 1. The van der Waals surface area contributed by atoms with Crippen LogP contribution < -0.4 is 9.47 Å². The van der Waals surface area contributed by atoms with Gasteiger partial charge in [-0.2, -0.15) is 0 Å². The van der Waals surface area contributed by atoms with Crippen LogP contribution in [0.15, 0.2) is 24.3 Å². The Morgan fingerprint density at radius 2 is 2.17 bits per heavy atom. The molecule has 1 spiro atoms. The van der Waals surface area contributed by atoms with Gasteiger partial charge in [0.15, 0.2) is 11.5 Å². The average Bonchev–Trinajstić information content (AvgIpc) is 2.82. The van der Waals surface area contributed by atoms with E-state index in [2.05, 4.69) is 31.0 Å². The Hall–Kier alpha value is -1.52. The number of benzene rings is 1. The zero-order chi connectivity index (χ0) is 16.0. The van der Waals surface area contributed by atoms with Gasteiger partial charge in [-0.05, 0) is 45.0 Å². The fraction of sp³-hybridized carbons (Fsp3) is 0.579. The highest BCUT2D eigenvalue weighted by molar-refractivity contribution is 5.63. The molecule has 2 aliphatic heterocycles. The lowest BCUT2D eigenvalue weighted by Gasteiger charge is -2.60. The van der Waals surface area contributed by atoms with Crippen LogP contribution >= 0.6 is 0 Å². The van der Waals surface area contributed by atoms with Crippen LogP contribution in [-0.2, 0) is 11.8 Å². The molecule has 2 aliphatic carbocycles. The van der Waals surface area contributed by atoms with E-state index >= 15 is 0 Å². The van der Waals surface area contributed by atoms with Gasteiger partial charge in [-0.15, -0.1) is 0 Å². The molecule has 5 atom stereocenters. The number of methoxy groups -OCH3 is 1. The molecule has 2 heterocycles. The van der Waals surface area contributed by atoms with Crippen molar-refractivity contribution in [1.29, 1.82) is 0 Å². The maximum Gasteiger partial charge on any atom is 0.166 e. The second-order valence-corrected chi connectivity index (χ2v) is 7.67. The average molecular weight is 313 g/mol. The summed E-state index contributed by atoms with van der Waals surface area (Å²) < 4.78 is 12.1. The Morgan fingerprint density at radius 1 is 1.35 bits per heavy atom. The number of hydrogen-bond donors (Lipinski definition) is 1. The van der Waals surface area contributed by atoms with Gasteiger partial charge in [0.05, 0.1) is 12.5 Å². The first-order valence-electron chi connectivity index (χ1n) is 8.49. The van der Waals surface area contributed by atoms with Crippen molar-refractivity contribution in [3.05, 3.63) is 35.4 Å². The molecule has 4 nitrogen and oxygen atoms in total. The molecule has 0 aromatic heterocycles. The predicted octanol–water partition coefficient (Wildman–Crippen LogP) is 1.89. The smallest absolute Gasteiger partial charge is 0.166 e. The fourth-order valence-electron chi connectivity index (χ4n) is 5.77.